The third-order valence-electron chi connectivity index (χ3n) is 3.60. The van der Waals surface area contributed by atoms with Crippen LogP contribution in [0.4, 0.5) is 5.82 Å². The second-order valence-electron chi connectivity index (χ2n) is 4.84. The van der Waals surface area contributed by atoms with Gasteiger partial charge in [0.1, 0.15) is 12.1 Å². The van der Waals surface area contributed by atoms with Crippen LogP contribution in [0.2, 0.25) is 0 Å². The molecule has 96 valence electrons. The van der Waals surface area contributed by atoms with Gasteiger partial charge in [0.2, 0.25) is 0 Å². The van der Waals surface area contributed by atoms with Crippen molar-refractivity contribution in [3.05, 3.63) is 17.3 Å². The number of nitrogens with zero attached hydrogens (tertiary/aromatic N) is 3. The van der Waals surface area contributed by atoms with Gasteiger partial charge < -0.3 is 10.2 Å². The van der Waals surface area contributed by atoms with Crippen molar-refractivity contribution in [3.8, 4) is 0 Å². The van der Waals surface area contributed by atoms with Gasteiger partial charge >= 0.3 is 0 Å². The maximum Gasteiger partial charge on any atom is 0.150 e. The van der Waals surface area contributed by atoms with Gasteiger partial charge in [0.25, 0.3) is 0 Å². The van der Waals surface area contributed by atoms with Crippen molar-refractivity contribution in [1.82, 2.24) is 15.3 Å². The van der Waals surface area contributed by atoms with E-state index < -0.39 is 0 Å². The van der Waals surface area contributed by atoms with Crippen LogP contribution in [0.25, 0.3) is 10.2 Å². The van der Waals surface area contributed by atoms with Crippen molar-refractivity contribution < 1.29 is 0 Å². The molecule has 1 aliphatic rings. The van der Waals surface area contributed by atoms with Gasteiger partial charge in [-0.3, -0.25) is 0 Å². The summed E-state index contributed by atoms with van der Waals surface area (Å²) in [5.74, 6) is 1.12. The summed E-state index contributed by atoms with van der Waals surface area (Å²) in [6.45, 7) is 4.25. The molecule has 3 rings (SSSR count). The van der Waals surface area contributed by atoms with Gasteiger partial charge in [0, 0.05) is 19.1 Å². The fourth-order valence-corrected chi connectivity index (χ4v) is 3.73. The number of aryl methyl sites for hydroxylation is 1. The largest absolute Gasteiger partial charge is 0.351 e. The predicted octanol–water partition coefficient (Wildman–Crippen LogP) is 2.19. The van der Waals surface area contributed by atoms with E-state index in [4.69, 9.17) is 0 Å². The molecule has 0 bridgehead atoms. The Kier molecular flexibility index (Phi) is 3.18. The fraction of sp³-hybridized carbons (Fsp3) is 0.538. The molecule has 4 nitrogen and oxygen atoms in total. The quantitative estimate of drug-likeness (QED) is 0.920. The van der Waals surface area contributed by atoms with E-state index in [1.165, 1.54) is 23.1 Å². The molecule has 0 saturated carbocycles. The van der Waals surface area contributed by atoms with Crippen LogP contribution >= 0.6 is 11.3 Å². The lowest BCUT2D eigenvalue weighted by molar-refractivity contribution is 0.613. The Bertz CT molecular complexity index is 551. The summed E-state index contributed by atoms with van der Waals surface area (Å²) in [5, 5.41) is 5.45. The average molecular weight is 262 g/mol. The molecule has 3 heterocycles. The minimum Gasteiger partial charge on any atom is -0.351 e. The first-order valence-corrected chi connectivity index (χ1v) is 7.29. The van der Waals surface area contributed by atoms with Crippen molar-refractivity contribution in [3.63, 3.8) is 0 Å². The van der Waals surface area contributed by atoms with Gasteiger partial charge in [0.15, 0.2) is 0 Å². The van der Waals surface area contributed by atoms with Crippen LogP contribution in [0, 0.1) is 6.92 Å². The first-order valence-electron chi connectivity index (χ1n) is 6.41. The van der Waals surface area contributed by atoms with E-state index in [1.54, 1.807) is 17.7 Å². The Balaban J connectivity index is 2.03. The topological polar surface area (TPSA) is 41.0 Å². The summed E-state index contributed by atoms with van der Waals surface area (Å²) in [6.07, 6.45) is 4.20. The minimum atomic E-state index is 0.565. The zero-order valence-corrected chi connectivity index (χ0v) is 11.6. The lowest BCUT2D eigenvalue weighted by Crippen LogP contribution is -2.37. The van der Waals surface area contributed by atoms with Gasteiger partial charge in [-0.05, 0) is 37.8 Å². The molecule has 1 unspecified atom stereocenters. The van der Waals surface area contributed by atoms with Crippen LogP contribution in [-0.4, -0.2) is 36.1 Å². The number of likely N-dealkylation sites (N-methyl/N-ethyl adjacent to an activating group) is 1. The fourth-order valence-electron chi connectivity index (χ4n) is 2.72. The molecule has 0 amide bonds. The molecule has 0 spiro atoms. The number of nitrogens with one attached hydrogen (secondary N) is 1. The van der Waals surface area contributed by atoms with Crippen molar-refractivity contribution in [2.75, 3.05) is 25.0 Å². The zero-order valence-electron chi connectivity index (χ0n) is 10.8. The van der Waals surface area contributed by atoms with Crippen molar-refractivity contribution >= 4 is 27.4 Å². The third-order valence-corrected chi connectivity index (χ3v) is 4.68. The third kappa shape index (κ3) is 1.87. The first-order chi connectivity index (χ1) is 8.81. The highest BCUT2D eigenvalue weighted by Crippen LogP contribution is 2.34. The molecule has 0 aromatic carbocycles. The van der Waals surface area contributed by atoms with Gasteiger partial charge in [-0.1, -0.05) is 0 Å². The van der Waals surface area contributed by atoms with Crippen molar-refractivity contribution in [1.29, 1.82) is 0 Å². The Morgan fingerprint density at radius 3 is 3.22 bits per heavy atom. The first kappa shape index (κ1) is 11.9. The summed E-state index contributed by atoms with van der Waals surface area (Å²) in [4.78, 5) is 11.4. The summed E-state index contributed by atoms with van der Waals surface area (Å²) in [7, 11) is 2.02. The number of anilines is 1. The molecule has 0 radical (unpaired) electrons. The smallest absolute Gasteiger partial charge is 0.150 e. The summed E-state index contributed by atoms with van der Waals surface area (Å²) >= 11 is 1.76. The summed E-state index contributed by atoms with van der Waals surface area (Å²) in [5.41, 5.74) is 2.36. The molecule has 2 aromatic heterocycles. The molecule has 1 N–H and O–H groups in total. The molecular weight excluding hydrogens is 244 g/mol. The molecule has 1 atom stereocenters. The Hall–Kier alpha value is -1.20. The van der Waals surface area contributed by atoms with Crippen molar-refractivity contribution in [2.45, 2.75) is 25.8 Å². The van der Waals surface area contributed by atoms with E-state index in [0.717, 1.165) is 24.4 Å². The number of rotatable bonds is 3. The predicted molar refractivity (Wildman–Crippen MR) is 76.4 cm³/mol. The Morgan fingerprint density at radius 1 is 1.50 bits per heavy atom. The van der Waals surface area contributed by atoms with Gasteiger partial charge in [0.05, 0.1) is 10.2 Å². The van der Waals surface area contributed by atoms with E-state index in [1.807, 2.05) is 7.05 Å². The number of hydrogen-bond acceptors (Lipinski definition) is 5. The highest BCUT2D eigenvalue weighted by Gasteiger charge is 2.27. The monoisotopic (exact) mass is 262 g/mol. The van der Waals surface area contributed by atoms with Crippen LogP contribution in [0.15, 0.2) is 11.7 Å². The number of thiophene rings is 1. The van der Waals surface area contributed by atoms with E-state index in [0.29, 0.717) is 6.04 Å². The second kappa shape index (κ2) is 4.82. The second-order valence-corrected chi connectivity index (χ2v) is 5.72. The zero-order chi connectivity index (χ0) is 12.5. The minimum absolute atomic E-state index is 0.565. The lowest BCUT2D eigenvalue weighted by atomic mass is 10.2. The molecular formula is C13H18N4S. The molecule has 1 saturated heterocycles. The van der Waals surface area contributed by atoms with Crippen LogP contribution in [-0.2, 0) is 0 Å². The van der Waals surface area contributed by atoms with Crippen LogP contribution in [0.1, 0.15) is 18.4 Å². The Labute approximate surface area is 111 Å². The van der Waals surface area contributed by atoms with Crippen LogP contribution < -0.4 is 10.2 Å². The van der Waals surface area contributed by atoms with E-state index >= 15 is 0 Å². The molecule has 1 fully saturated rings. The Morgan fingerprint density at radius 2 is 2.39 bits per heavy atom. The summed E-state index contributed by atoms with van der Waals surface area (Å²) < 4.78 is 1.23. The molecule has 18 heavy (non-hydrogen) atoms. The normalized spacial score (nSPS) is 19.9. The van der Waals surface area contributed by atoms with Gasteiger partial charge in [-0.25, -0.2) is 9.97 Å². The molecule has 5 heteroatoms. The van der Waals surface area contributed by atoms with E-state index in [9.17, 15) is 0 Å². The van der Waals surface area contributed by atoms with Crippen LogP contribution in [0.3, 0.4) is 0 Å². The van der Waals surface area contributed by atoms with E-state index in [2.05, 4.69) is 32.5 Å². The molecule has 0 aliphatic carbocycles. The number of hydrogen-bond donors (Lipinski definition) is 1. The maximum absolute atomic E-state index is 4.53. The highest BCUT2D eigenvalue weighted by atomic mass is 32.1. The highest BCUT2D eigenvalue weighted by molar-refractivity contribution is 7.18. The maximum atomic E-state index is 4.53. The number of aromatic nitrogens is 2. The number of fused-ring (bicyclic) bond motifs is 1. The lowest BCUT2D eigenvalue weighted by Gasteiger charge is -2.25. The summed E-state index contributed by atoms with van der Waals surface area (Å²) in [6, 6.07) is 0.565. The SMILES string of the molecule is CNCC1CCCN1c1ncnc2c(C)csc12. The van der Waals surface area contributed by atoms with Gasteiger partial charge in [-0.15, -0.1) is 11.3 Å². The average Bonchev–Trinajstić information content (AvgIpc) is 2.98. The van der Waals surface area contributed by atoms with E-state index in [-0.39, 0.29) is 0 Å². The standard InChI is InChI=1S/C13H18N4S/c1-9-7-18-12-11(9)15-8-16-13(12)17-5-3-4-10(17)6-14-2/h7-8,10,14H,3-6H2,1-2H3. The van der Waals surface area contributed by atoms with Crippen molar-refractivity contribution in [2.24, 2.45) is 0 Å². The van der Waals surface area contributed by atoms with Crippen LogP contribution in [0.5, 0.6) is 0 Å². The van der Waals surface area contributed by atoms with Gasteiger partial charge in [-0.2, -0.15) is 0 Å². The molecule has 1 aliphatic heterocycles. The molecule has 2 aromatic rings.